The number of fused-ring (bicyclic) bond motifs is 1. The smallest absolute Gasteiger partial charge is 0.194 e. The minimum Gasteiger partial charge on any atom is -0.357 e. The van der Waals surface area contributed by atoms with Crippen LogP contribution in [0.2, 0.25) is 5.02 Å². The zero-order valence-electron chi connectivity index (χ0n) is 15.6. The van der Waals surface area contributed by atoms with Crippen LogP contribution in [0.5, 0.6) is 0 Å². The van der Waals surface area contributed by atoms with Gasteiger partial charge in [-0.1, -0.05) is 30.2 Å². The molecule has 26 heavy (non-hydrogen) atoms. The second-order valence-electron chi connectivity index (χ2n) is 6.65. The predicted octanol–water partition coefficient (Wildman–Crippen LogP) is 3.26. The lowest BCUT2D eigenvalue weighted by atomic mass is 10.2. The number of nitrogens with zero attached hydrogens (tertiary/aromatic N) is 5. The summed E-state index contributed by atoms with van der Waals surface area (Å²) in [6.45, 7) is 5.21. The first kappa shape index (κ1) is 18.7. The summed E-state index contributed by atoms with van der Waals surface area (Å²) in [5.74, 6) is 2.93. The van der Waals surface area contributed by atoms with Crippen LogP contribution >= 0.6 is 11.6 Å². The normalized spacial score (nSPS) is 14.7. The number of aryl methyl sites for hydroxylation is 1. The van der Waals surface area contributed by atoms with Gasteiger partial charge in [-0.05, 0) is 37.5 Å². The lowest BCUT2D eigenvalue weighted by molar-refractivity contribution is 0.475. The van der Waals surface area contributed by atoms with E-state index in [0.717, 1.165) is 48.7 Å². The molecule has 2 heterocycles. The van der Waals surface area contributed by atoms with E-state index >= 15 is 0 Å². The molecule has 0 saturated carbocycles. The van der Waals surface area contributed by atoms with Crippen molar-refractivity contribution < 1.29 is 0 Å². The maximum atomic E-state index is 5.97. The van der Waals surface area contributed by atoms with Crippen LogP contribution in [-0.4, -0.2) is 39.2 Å². The van der Waals surface area contributed by atoms with E-state index in [-0.39, 0.29) is 0 Å². The highest BCUT2D eigenvalue weighted by Gasteiger charge is 2.15. The molecule has 0 bridgehead atoms. The molecule has 0 amide bonds. The van der Waals surface area contributed by atoms with Gasteiger partial charge in [0.2, 0.25) is 0 Å². The number of halogens is 1. The van der Waals surface area contributed by atoms with Gasteiger partial charge in [0.1, 0.15) is 12.4 Å². The molecule has 1 aliphatic heterocycles. The van der Waals surface area contributed by atoms with Crippen molar-refractivity contribution in [1.29, 1.82) is 0 Å². The molecule has 1 aromatic carbocycles. The largest absolute Gasteiger partial charge is 0.357 e. The molecule has 140 valence electrons. The molecule has 1 N–H and O–H groups in total. The van der Waals surface area contributed by atoms with Gasteiger partial charge in [-0.2, -0.15) is 0 Å². The third kappa shape index (κ3) is 4.75. The molecule has 3 rings (SSSR count). The third-order valence-electron chi connectivity index (χ3n) is 4.59. The highest BCUT2D eigenvalue weighted by Crippen LogP contribution is 2.15. The van der Waals surface area contributed by atoms with Crippen molar-refractivity contribution in [2.24, 2.45) is 4.99 Å². The number of guanidine groups is 1. The van der Waals surface area contributed by atoms with Crippen molar-refractivity contribution in [3.63, 3.8) is 0 Å². The molecule has 7 heteroatoms. The molecular formula is C19H27ClN6. The molecule has 0 radical (unpaired) electrons. The van der Waals surface area contributed by atoms with E-state index in [0.29, 0.717) is 6.54 Å². The van der Waals surface area contributed by atoms with Gasteiger partial charge in [0.25, 0.3) is 0 Å². The van der Waals surface area contributed by atoms with E-state index in [1.165, 1.54) is 24.8 Å². The Kier molecular flexibility index (Phi) is 6.50. The summed E-state index contributed by atoms with van der Waals surface area (Å²) in [6.07, 6.45) is 4.68. The number of hydrogen-bond donors (Lipinski definition) is 1. The lowest BCUT2D eigenvalue weighted by Crippen LogP contribution is -2.38. The standard InChI is InChI=1S/C19H27ClN6/c1-3-21-19(25(2)14-15-8-10-16(20)11-9-15)22-13-18-24-23-17-7-5-4-6-12-26(17)18/h8-11H,3-7,12-14H2,1-2H3,(H,21,22). The second kappa shape index (κ2) is 9.03. The molecule has 2 aromatic rings. The van der Waals surface area contributed by atoms with Crippen LogP contribution in [0.15, 0.2) is 29.3 Å². The Labute approximate surface area is 160 Å². The summed E-state index contributed by atoms with van der Waals surface area (Å²) >= 11 is 5.97. The monoisotopic (exact) mass is 374 g/mol. The van der Waals surface area contributed by atoms with Crippen molar-refractivity contribution in [2.75, 3.05) is 13.6 Å². The topological polar surface area (TPSA) is 58.3 Å². The Morgan fingerprint density at radius 1 is 1.23 bits per heavy atom. The maximum Gasteiger partial charge on any atom is 0.194 e. The fraction of sp³-hybridized carbons (Fsp3) is 0.526. The van der Waals surface area contributed by atoms with Crippen molar-refractivity contribution >= 4 is 17.6 Å². The quantitative estimate of drug-likeness (QED) is 0.644. The second-order valence-corrected chi connectivity index (χ2v) is 7.08. The zero-order chi connectivity index (χ0) is 18.4. The summed E-state index contributed by atoms with van der Waals surface area (Å²) in [4.78, 5) is 6.91. The summed E-state index contributed by atoms with van der Waals surface area (Å²) in [5.41, 5.74) is 1.19. The Hall–Kier alpha value is -2.08. The molecule has 0 unspecified atom stereocenters. The van der Waals surface area contributed by atoms with E-state index in [4.69, 9.17) is 16.6 Å². The zero-order valence-corrected chi connectivity index (χ0v) is 16.3. The van der Waals surface area contributed by atoms with Crippen molar-refractivity contribution in [3.8, 4) is 0 Å². The van der Waals surface area contributed by atoms with Gasteiger partial charge in [0.15, 0.2) is 11.8 Å². The SMILES string of the molecule is CCNC(=NCc1nnc2n1CCCCC2)N(C)Cc1ccc(Cl)cc1. The molecule has 0 aliphatic carbocycles. The fourth-order valence-electron chi connectivity index (χ4n) is 3.22. The van der Waals surface area contributed by atoms with E-state index in [2.05, 4.69) is 31.9 Å². The first-order chi connectivity index (χ1) is 12.7. The van der Waals surface area contributed by atoms with E-state index < -0.39 is 0 Å². The molecule has 0 spiro atoms. The predicted molar refractivity (Wildman–Crippen MR) is 105 cm³/mol. The summed E-state index contributed by atoms with van der Waals surface area (Å²) < 4.78 is 2.25. The van der Waals surface area contributed by atoms with Crippen LogP contribution in [0.1, 0.15) is 43.4 Å². The van der Waals surface area contributed by atoms with Gasteiger partial charge in [-0.15, -0.1) is 10.2 Å². The third-order valence-corrected chi connectivity index (χ3v) is 4.84. The first-order valence-corrected chi connectivity index (χ1v) is 9.70. The van der Waals surface area contributed by atoms with Gasteiger partial charge >= 0.3 is 0 Å². The minimum atomic E-state index is 0.542. The van der Waals surface area contributed by atoms with Gasteiger partial charge < -0.3 is 14.8 Å². The summed E-state index contributed by atoms with van der Waals surface area (Å²) in [6, 6.07) is 7.92. The fourth-order valence-corrected chi connectivity index (χ4v) is 3.34. The van der Waals surface area contributed by atoms with Gasteiger partial charge in [-0.3, -0.25) is 0 Å². The summed E-state index contributed by atoms with van der Waals surface area (Å²) in [7, 11) is 2.04. The number of aliphatic imine (C=N–C) groups is 1. The van der Waals surface area contributed by atoms with Crippen LogP contribution in [0.25, 0.3) is 0 Å². The number of aromatic nitrogens is 3. The average molecular weight is 375 g/mol. The Balaban J connectivity index is 1.70. The first-order valence-electron chi connectivity index (χ1n) is 9.32. The van der Waals surface area contributed by atoms with Gasteiger partial charge in [-0.25, -0.2) is 4.99 Å². The Morgan fingerprint density at radius 3 is 2.81 bits per heavy atom. The number of hydrogen-bond acceptors (Lipinski definition) is 3. The van der Waals surface area contributed by atoms with Crippen LogP contribution in [-0.2, 0) is 26.1 Å². The molecule has 1 aromatic heterocycles. The molecule has 0 atom stereocenters. The maximum absolute atomic E-state index is 5.97. The highest BCUT2D eigenvalue weighted by atomic mass is 35.5. The van der Waals surface area contributed by atoms with Crippen molar-refractivity contribution in [2.45, 2.75) is 52.2 Å². The molecular weight excluding hydrogens is 348 g/mol. The average Bonchev–Trinajstić information content (AvgIpc) is 2.87. The molecule has 6 nitrogen and oxygen atoms in total. The van der Waals surface area contributed by atoms with Gasteiger partial charge in [0, 0.05) is 38.1 Å². The highest BCUT2D eigenvalue weighted by molar-refractivity contribution is 6.30. The summed E-state index contributed by atoms with van der Waals surface area (Å²) in [5, 5.41) is 12.8. The van der Waals surface area contributed by atoms with E-state index in [9.17, 15) is 0 Å². The van der Waals surface area contributed by atoms with Crippen LogP contribution in [0.3, 0.4) is 0 Å². The molecule has 0 saturated heterocycles. The lowest BCUT2D eigenvalue weighted by Gasteiger charge is -2.22. The van der Waals surface area contributed by atoms with E-state index in [1.54, 1.807) is 0 Å². The number of rotatable bonds is 5. The van der Waals surface area contributed by atoms with Crippen molar-refractivity contribution in [1.82, 2.24) is 25.0 Å². The van der Waals surface area contributed by atoms with Crippen molar-refractivity contribution in [3.05, 3.63) is 46.5 Å². The number of benzene rings is 1. The van der Waals surface area contributed by atoms with Crippen LogP contribution in [0.4, 0.5) is 0 Å². The van der Waals surface area contributed by atoms with Crippen LogP contribution < -0.4 is 5.32 Å². The number of nitrogens with one attached hydrogen (secondary N) is 1. The van der Waals surface area contributed by atoms with Crippen LogP contribution in [0, 0.1) is 0 Å². The Bertz CT molecular complexity index is 737. The molecule has 1 aliphatic rings. The van der Waals surface area contributed by atoms with Gasteiger partial charge in [0.05, 0.1) is 0 Å². The van der Waals surface area contributed by atoms with E-state index in [1.807, 2.05) is 31.3 Å². The minimum absolute atomic E-state index is 0.542. The molecule has 0 fully saturated rings. The Morgan fingerprint density at radius 2 is 2.04 bits per heavy atom.